The Balaban J connectivity index is 1.64. The number of rotatable bonds is 3. The molecule has 2 fully saturated rings. The van der Waals surface area contributed by atoms with Crippen molar-refractivity contribution < 1.29 is 4.79 Å². The molecule has 1 amide bonds. The zero-order valence-corrected chi connectivity index (χ0v) is 13.1. The zero-order chi connectivity index (χ0) is 14.2. The van der Waals surface area contributed by atoms with Crippen molar-refractivity contribution in [2.24, 2.45) is 11.3 Å². The van der Waals surface area contributed by atoms with Crippen molar-refractivity contribution in [3.05, 3.63) is 23.2 Å². The molecule has 1 aromatic carbocycles. The van der Waals surface area contributed by atoms with Gasteiger partial charge in [0.1, 0.15) is 0 Å². The Hall–Kier alpha value is -0.710. The summed E-state index contributed by atoms with van der Waals surface area (Å²) >= 11 is 7.78. The summed E-state index contributed by atoms with van der Waals surface area (Å²) in [6.45, 7) is 2.08. The van der Waals surface area contributed by atoms with Crippen LogP contribution in [0.15, 0.2) is 23.1 Å². The molecule has 108 valence electrons. The summed E-state index contributed by atoms with van der Waals surface area (Å²) in [4.78, 5) is 13.4. The van der Waals surface area contributed by atoms with Gasteiger partial charge in [0.15, 0.2) is 0 Å². The van der Waals surface area contributed by atoms with Crippen molar-refractivity contribution in [1.29, 1.82) is 0 Å². The summed E-state index contributed by atoms with van der Waals surface area (Å²) in [7, 11) is 0. The van der Waals surface area contributed by atoms with Crippen LogP contribution in [0, 0.1) is 11.3 Å². The number of carbonyl (C=O) groups excluding carboxylic acids is 1. The van der Waals surface area contributed by atoms with Gasteiger partial charge in [-0.05, 0) is 62.2 Å². The molecule has 1 unspecified atom stereocenters. The van der Waals surface area contributed by atoms with Crippen LogP contribution >= 0.6 is 23.4 Å². The molecule has 2 N–H and O–H groups in total. The van der Waals surface area contributed by atoms with E-state index in [9.17, 15) is 4.79 Å². The van der Waals surface area contributed by atoms with E-state index in [4.69, 9.17) is 11.6 Å². The Labute approximate surface area is 128 Å². The highest BCUT2D eigenvalue weighted by Crippen LogP contribution is 2.58. The second-order valence-electron chi connectivity index (χ2n) is 5.71. The Bertz CT molecular complexity index is 529. The standard InChI is InChI=1S/C15H19ClN2OS/c1-20-13-3-2-10(8-12(13)16)18-14(19)11-9-15(11)4-6-17-7-5-15/h2-3,8,11,17H,4-7,9H2,1H3,(H,18,19). The second-order valence-corrected chi connectivity index (χ2v) is 6.96. The molecule has 0 aromatic heterocycles. The number of halogens is 1. The minimum Gasteiger partial charge on any atom is -0.326 e. The van der Waals surface area contributed by atoms with Crippen LogP contribution in [-0.2, 0) is 4.79 Å². The van der Waals surface area contributed by atoms with Crippen molar-refractivity contribution in [2.75, 3.05) is 24.7 Å². The third-order valence-electron chi connectivity index (χ3n) is 4.52. The lowest BCUT2D eigenvalue weighted by atomic mass is 9.92. The number of piperidine rings is 1. The smallest absolute Gasteiger partial charge is 0.228 e. The first kappa shape index (κ1) is 14.2. The lowest BCUT2D eigenvalue weighted by Crippen LogP contribution is -2.31. The van der Waals surface area contributed by atoms with Gasteiger partial charge < -0.3 is 10.6 Å². The van der Waals surface area contributed by atoms with Crippen molar-refractivity contribution in [2.45, 2.75) is 24.2 Å². The third kappa shape index (κ3) is 2.69. The first-order valence-corrected chi connectivity index (χ1v) is 8.60. The summed E-state index contributed by atoms with van der Waals surface area (Å²) in [5.41, 5.74) is 1.08. The molecule has 0 radical (unpaired) electrons. The molecule has 20 heavy (non-hydrogen) atoms. The maximum atomic E-state index is 12.3. The van der Waals surface area contributed by atoms with Crippen molar-refractivity contribution in [3.8, 4) is 0 Å². The Morgan fingerprint density at radius 3 is 2.85 bits per heavy atom. The van der Waals surface area contributed by atoms with E-state index in [0.29, 0.717) is 5.02 Å². The van der Waals surface area contributed by atoms with Gasteiger partial charge in [0.05, 0.1) is 5.02 Å². The van der Waals surface area contributed by atoms with E-state index in [0.717, 1.165) is 42.9 Å². The summed E-state index contributed by atoms with van der Waals surface area (Å²) in [6.07, 6.45) is 5.27. The SMILES string of the molecule is CSc1ccc(NC(=O)C2CC23CCNCC3)cc1Cl. The van der Waals surface area contributed by atoms with E-state index < -0.39 is 0 Å². The number of amides is 1. The van der Waals surface area contributed by atoms with E-state index in [1.165, 1.54) is 0 Å². The quantitative estimate of drug-likeness (QED) is 0.841. The average molecular weight is 311 g/mol. The van der Waals surface area contributed by atoms with Gasteiger partial charge in [-0.15, -0.1) is 11.8 Å². The van der Waals surface area contributed by atoms with Crippen LogP contribution in [0.25, 0.3) is 0 Å². The fourth-order valence-electron chi connectivity index (χ4n) is 3.17. The lowest BCUT2D eigenvalue weighted by molar-refractivity contribution is -0.118. The molecule has 1 heterocycles. The molecule has 2 aliphatic rings. The Kier molecular flexibility index (Phi) is 3.98. The molecule has 1 saturated heterocycles. The van der Waals surface area contributed by atoms with Gasteiger partial charge in [0.25, 0.3) is 0 Å². The first-order valence-electron chi connectivity index (χ1n) is 7.00. The van der Waals surface area contributed by atoms with Gasteiger partial charge in [0, 0.05) is 16.5 Å². The highest BCUT2D eigenvalue weighted by Gasteiger charge is 2.57. The van der Waals surface area contributed by atoms with E-state index in [-0.39, 0.29) is 17.2 Å². The largest absolute Gasteiger partial charge is 0.326 e. The molecule has 1 aliphatic carbocycles. The van der Waals surface area contributed by atoms with Gasteiger partial charge in [-0.25, -0.2) is 0 Å². The Morgan fingerprint density at radius 1 is 1.45 bits per heavy atom. The molecule has 1 spiro atoms. The average Bonchev–Trinajstić information content (AvgIpc) is 3.13. The van der Waals surface area contributed by atoms with Gasteiger partial charge in [-0.3, -0.25) is 4.79 Å². The van der Waals surface area contributed by atoms with E-state index in [2.05, 4.69) is 10.6 Å². The van der Waals surface area contributed by atoms with Crippen LogP contribution in [-0.4, -0.2) is 25.3 Å². The molecule has 5 heteroatoms. The molecular weight excluding hydrogens is 292 g/mol. The number of nitrogens with one attached hydrogen (secondary N) is 2. The van der Waals surface area contributed by atoms with Crippen LogP contribution in [0.1, 0.15) is 19.3 Å². The van der Waals surface area contributed by atoms with Crippen LogP contribution in [0.4, 0.5) is 5.69 Å². The maximum absolute atomic E-state index is 12.3. The van der Waals surface area contributed by atoms with E-state index in [1.54, 1.807) is 11.8 Å². The lowest BCUT2D eigenvalue weighted by Gasteiger charge is -2.23. The summed E-state index contributed by atoms with van der Waals surface area (Å²) in [6, 6.07) is 5.71. The van der Waals surface area contributed by atoms with Crippen molar-refractivity contribution >= 4 is 35.0 Å². The molecule has 1 aromatic rings. The number of hydrogen-bond acceptors (Lipinski definition) is 3. The van der Waals surface area contributed by atoms with Gasteiger partial charge >= 0.3 is 0 Å². The van der Waals surface area contributed by atoms with Crippen LogP contribution in [0.2, 0.25) is 5.02 Å². The fourth-order valence-corrected chi connectivity index (χ4v) is 4.04. The van der Waals surface area contributed by atoms with E-state index in [1.807, 2.05) is 24.5 Å². The fraction of sp³-hybridized carbons (Fsp3) is 0.533. The molecule has 1 aliphatic heterocycles. The Morgan fingerprint density at radius 2 is 2.20 bits per heavy atom. The van der Waals surface area contributed by atoms with Crippen LogP contribution in [0.5, 0.6) is 0 Å². The second kappa shape index (κ2) is 5.58. The molecule has 3 rings (SSSR count). The van der Waals surface area contributed by atoms with Gasteiger partial charge in [0.2, 0.25) is 5.91 Å². The molecule has 1 saturated carbocycles. The summed E-state index contributed by atoms with van der Waals surface area (Å²) in [5, 5.41) is 7.07. The predicted octanol–water partition coefficient (Wildman–Crippen LogP) is 3.39. The van der Waals surface area contributed by atoms with Crippen molar-refractivity contribution in [3.63, 3.8) is 0 Å². The predicted molar refractivity (Wildman–Crippen MR) is 84.5 cm³/mol. The first-order chi connectivity index (χ1) is 9.64. The molecular formula is C15H19ClN2OS. The highest BCUT2D eigenvalue weighted by atomic mass is 35.5. The monoisotopic (exact) mass is 310 g/mol. The topological polar surface area (TPSA) is 41.1 Å². The van der Waals surface area contributed by atoms with Gasteiger partial charge in [-0.1, -0.05) is 11.6 Å². The minimum absolute atomic E-state index is 0.153. The molecule has 1 atom stereocenters. The summed E-state index contributed by atoms with van der Waals surface area (Å²) < 4.78 is 0. The number of thioether (sulfide) groups is 1. The minimum atomic E-state index is 0.153. The number of anilines is 1. The normalized spacial score (nSPS) is 23.6. The third-order valence-corrected chi connectivity index (χ3v) is 5.75. The maximum Gasteiger partial charge on any atom is 0.228 e. The van der Waals surface area contributed by atoms with Crippen molar-refractivity contribution in [1.82, 2.24) is 5.32 Å². The number of carbonyl (C=O) groups is 1. The van der Waals surface area contributed by atoms with E-state index >= 15 is 0 Å². The molecule has 0 bridgehead atoms. The number of benzene rings is 1. The highest BCUT2D eigenvalue weighted by molar-refractivity contribution is 7.98. The zero-order valence-electron chi connectivity index (χ0n) is 11.5. The van der Waals surface area contributed by atoms with Gasteiger partial charge in [-0.2, -0.15) is 0 Å². The van der Waals surface area contributed by atoms with Crippen LogP contribution in [0.3, 0.4) is 0 Å². The molecule has 3 nitrogen and oxygen atoms in total. The summed E-state index contributed by atoms with van der Waals surface area (Å²) in [5.74, 6) is 0.337. The number of hydrogen-bond donors (Lipinski definition) is 2. The van der Waals surface area contributed by atoms with Crippen LogP contribution < -0.4 is 10.6 Å².